The maximum Gasteiger partial charge on any atom is 0.140 e. The molecule has 1 fully saturated rings. The zero-order valence-electron chi connectivity index (χ0n) is 12.8. The van der Waals surface area contributed by atoms with Gasteiger partial charge in [0.15, 0.2) is 0 Å². The van der Waals surface area contributed by atoms with Gasteiger partial charge in [-0.25, -0.2) is 9.97 Å². The summed E-state index contributed by atoms with van der Waals surface area (Å²) in [6, 6.07) is 13.9. The summed E-state index contributed by atoms with van der Waals surface area (Å²) in [6.07, 6.45) is 1.63. The molecule has 6 heteroatoms. The van der Waals surface area contributed by atoms with Crippen molar-refractivity contribution in [3.05, 3.63) is 63.9 Å². The number of fused-ring (bicyclic) bond motifs is 1. The highest BCUT2D eigenvalue weighted by Gasteiger charge is 2.24. The zero-order valence-corrected chi connectivity index (χ0v) is 15.2. The molecule has 24 heavy (non-hydrogen) atoms. The van der Waals surface area contributed by atoms with Crippen LogP contribution in [0, 0.1) is 0 Å². The van der Waals surface area contributed by atoms with Crippen molar-refractivity contribution in [2.24, 2.45) is 0 Å². The second-order valence-electron chi connectivity index (χ2n) is 5.72. The highest BCUT2D eigenvalue weighted by molar-refractivity contribution is 9.10. The summed E-state index contributed by atoms with van der Waals surface area (Å²) in [7, 11) is 0. The Morgan fingerprint density at radius 1 is 1.12 bits per heavy atom. The third kappa shape index (κ3) is 3.11. The van der Waals surface area contributed by atoms with Crippen LogP contribution < -0.4 is 4.90 Å². The van der Waals surface area contributed by atoms with Gasteiger partial charge in [-0.1, -0.05) is 39.7 Å². The lowest BCUT2D eigenvalue weighted by Gasteiger charge is -2.34. The first kappa shape index (κ1) is 15.8. The molecule has 1 atom stereocenters. The lowest BCUT2D eigenvalue weighted by Crippen LogP contribution is -2.39. The molecule has 1 aromatic heterocycles. The van der Waals surface area contributed by atoms with Crippen LogP contribution >= 0.6 is 27.5 Å². The van der Waals surface area contributed by atoms with Gasteiger partial charge >= 0.3 is 0 Å². The van der Waals surface area contributed by atoms with Crippen molar-refractivity contribution in [1.29, 1.82) is 0 Å². The second-order valence-corrected chi connectivity index (χ2v) is 7.07. The number of ether oxygens (including phenoxy) is 1. The third-order valence-corrected chi connectivity index (χ3v) is 4.93. The molecule has 122 valence electrons. The molecule has 2 heterocycles. The van der Waals surface area contributed by atoms with E-state index in [1.165, 1.54) is 0 Å². The quantitative estimate of drug-likeness (QED) is 0.624. The summed E-state index contributed by atoms with van der Waals surface area (Å²) in [5, 5.41) is 1.78. The van der Waals surface area contributed by atoms with Gasteiger partial charge in [0.2, 0.25) is 0 Å². The Hall–Kier alpha value is -1.69. The van der Waals surface area contributed by atoms with E-state index in [0.717, 1.165) is 44.9 Å². The fourth-order valence-corrected chi connectivity index (χ4v) is 3.48. The average molecular weight is 405 g/mol. The van der Waals surface area contributed by atoms with E-state index in [9.17, 15) is 0 Å². The number of aromatic nitrogens is 2. The normalized spacial score (nSPS) is 18.1. The fraction of sp³-hybridized carbons (Fsp3) is 0.222. The third-order valence-electron chi connectivity index (χ3n) is 4.18. The van der Waals surface area contributed by atoms with Crippen molar-refractivity contribution in [1.82, 2.24) is 9.97 Å². The molecule has 1 aliphatic rings. The maximum atomic E-state index is 5.98. The van der Waals surface area contributed by atoms with Crippen LogP contribution in [0.15, 0.2) is 53.3 Å². The van der Waals surface area contributed by atoms with Gasteiger partial charge in [0.1, 0.15) is 18.2 Å². The molecule has 0 radical (unpaired) electrons. The van der Waals surface area contributed by atoms with E-state index in [-0.39, 0.29) is 6.10 Å². The van der Waals surface area contributed by atoms with Crippen LogP contribution in [0.5, 0.6) is 0 Å². The van der Waals surface area contributed by atoms with Crippen molar-refractivity contribution in [3.8, 4) is 0 Å². The molecule has 4 rings (SSSR count). The van der Waals surface area contributed by atoms with E-state index in [2.05, 4.69) is 36.9 Å². The first-order valence-electron chi connectivity index (χ1n) is 7.73. The van der Waals surface area contributed by atoms with E-state index in [4.69, 9.17) is 16.3 Å². The lowest BCUT2D eigenvalue weighted by molar-refractivity contribution is 0.0396. The monoisotopic (exact) mass is 403 g/mol. The number of halogens is 2. The predicted octanol–water partition coefficient (Wildman–Crippen LogP) is 4.62. The second kappa shape index (κ2) is 6.67. The van der Waals surface area contributed by atoms with Crippen molar-refractivity contribution < 1.29 is 4.74 Å². The minimum atomic E-state index is 0.00758. The molecular weight excluding hydrogens is 390 g/mol. The van der Waals surface area contributed by atoms with Gasteiger partial charge in [-0.3, -0.25) is 0 Å². The highest BCUT2D eigenvalue weighted by Crippen LogP contribution is 2.30. The Labute approximate surface area is 153 Å². The van der Waals surface area contributed by atoms with Gasteiger partial charge < -0.3 is 9.64 Å². The molecule has 0 saturated carbocycles. The number of nitrogens with zero attached hydrogens (tertiary/aromatic N) is 3. The molecular formula is C18H15BrClN3O. The van der Waals surface area contributed by atoms with Gasteiger partial charge in [-0.05, 0) is 35.9 Å². The van der Waals surface area contributed by atoms with Crippen LogP contribution in [0.2, 0.25) is 5.02 Å². The van der Waals surface area contributed by atoms with Crippen LogP contribution in [-0.4, -0.2) is 29.7 Å². The highest BCUT2D eigenvalue weighted by atomic mass is 79.9. The first-order valence-corrected chi connectivity index (χ1v) is 8.90. The number of hydrogen-bond acceptors (Lipinski definition) is 4. The lowest BCUT2D eigenvalue weighted by atomic mass is 10.1. The van der Waals surface area contributed by atoms with Crippen molar-refractivity contribution in [2.45, 2.75) is 6.10 Å². The predicted molar refractivity (Wildman–Crippen MR) is 99.6 cm³/mol. The minimum Gasteiger partial charge on any atom is -0.370 e. The van der Waals surface area contributed by atoms with E-state index in [1.807, 2.05) is 36.4 Å². The summed E-state index contributed by atoms with van der Waals surface area (Å²) in [6.45, 7) is 2.22. The van der Waals surface area contributed by atoms with Crippen molar-refractivity contribution >= 4 is 44.3 Å². The van der Waals surface area contributed by atoms with E-state index in [1.54, 1.807) is 6.33 Å². The maximum absolute atomic E-state index is 5.98. The Bertz CT molecular complexity index is 872. The smallest absolute Gasteiger partial charge is 0.140 e. The molecule has 2 aromatic carbocycles. The minimum absolute atomic E-state index is 0.00758. The topological polar surface area (TPSA) is 38.2 Å². The van der Waals surface area contributed by atoms with E-state index < -0.39 is 0 Å². The summed E-state index contributed by atoms with van der Waals surface area (Å²) in [4.78, 5) is 11.2. The Morgan fingerprint density at radius 3 is 2.79 bits per heavy atom. The van der Waals surface area contributed by atoms with Gasteiger partial charge in [-0.15, -0.1) is 0 Å². The van der Waals surface area contributed by atoms with Crippen LogP contribution in [0.25, 0.3) is 10.9 Å². The number of anilines is 1. The Balaban J connectivity index is 1.67. The van der Waals surface area contributed by atoms with Gasteiger partial charge in [0.25, 0.3) is 0 Å². The molecule has 4 nitrogen and oxygen atoms in total. The van der Waals surface area contributed by atoms with Crippen molar-refractivity contribution in [3.63, 3.8) is 0 Å². The number of hydrogen-bond donors (Lipinski definition) is 0. The standard InChI is InChI=1S/C18H15BrClN3O/c19-13-3-6-16-15(9-13)18(22-11-21-16)23-7-8-24-17(10-23)12-1-4-14(20)5-2-12/h1-6,9,11,17H,7-8,10H2. The van der Waals surface area contributed by atoms with Gasteiger partial charge in [0.05, 0.1) is 12.1 Å². The largest absolute Gasteiger partial charge is 0.370 e. The SMILES string of the molecule is Clc1ccc(C2CN(c3ncnc4ccc(Br)cc34)CCO2)cc1. The van der Waals surface area contributed by atoms with Crippen LogP contribution in [0.1, 0.15) is 11.7 Å². The van der Waals surface area contributed by atoms with Crippen LogP contribution in [0.3, 0.4) is 0 Å². The molecule has 3 aromatic rings. The molecule has 0 N–H and O–H groups in total. The molecule has 0 aliphatic carbocycles. The average Bonchev–Trinajstić information content (AvgIpc) is 2.62. The zero-order chi connectivity index (χ0) is 16.5. The van der Waals surface area contributed by atoms with Crippen LogP contribution in [0.4, 0.5) is 5.82 Å². The molecule has 1 unspecified atom stereocenters. The van der Waals surface area contributed by atoms with E-state index in [0.29, 0.717) is 6.61 Å². The van der Waals surface area contributed by atoms with Gasteiger partial charge in [-0.2, -0.15) is 0 Å². The Kier molecular flexibility index (Phi) is 4.39. The summed E-state index contributed by atoms with van der Waals surface area (Å²) < 4.78 is 6.98. The first-order chi connectivity index (χ1) is 11.7. The van der Waals surface area contributed by atoms with Crippen LogP contribution in [-0.2, 0) is 4.74 Å². The molecule has 1 saturated heterocycles. The van der Waals surface area contributed by atoms with Crippen molar-refractivity contribution in [2.75, 3.05) is 24.6 Å². The number of morpholine rings is 1. The summed E-state index contributed by atoms with van der Waals surface area (Å²) in [5.74, 6) is 0.948. The summed E-state index contributed by atoms with van der Waals surface area (Å²) in [5.41, 5.74) is 2.07. The van der Waals surface area contributed by atoms with Gasteiger partial charge in [0, 0.05) is 28.0 Å². The fourth-order valence-electron chi connectivity index (χ4n) is 2.99. The molecule has 1 aliphatic heterocycles. The number of benzene rings is 2. The molecule has 0 amide bonds. The van der Waals surface area contributed by atoms with E-state index >= 15 is 0 Å². The Morgan fingerprint density at radius 2 is 1.96 bits per heavy atom. The summed E-state index contributed by atoms with van der Waals surface area (Å²) >= 11 is 9.52. The molecule has 0 spiro atoms. The molecule has 0 bridgehead atoms. The number of rotatable bonds is 2.